The van der Waals surface area contributed by atoms with E-state index in [9.17, 15) is 19.8 Å². The lowest BCUT2D eigenvalue weighted by molar-refractivity contribution is -0.364. The van der Waals surface area contributed by atoms with Gasteiger partial charge in [0.1, 0.15) is 24.4 Å². The van der Waals surface area contributed by atoms with Crippen molar-refractivity contribution in [3.05, 3.63) is 114 Å². The summed E-state index contributed by atoms with van der Waals surface area (Å²) in [6, 6.07) is 6.96. The van der Waals surface area contributed by atoms with Crippen LogP contribution in [0.5, 0.6) is 28.7 Å². The predicted molar refractivity (Wildman–Crippen MR) is 246 cm³/mol. The molecule has 1 unspecified atom stereocenters. The van der Waals surface area contributed by atoms with E-state index in [-0.39, 0.29) is 43.9 Å². The molecule has 10 atom stereocenters. The third-order valence-corrected chi connectivity index (χ3v) is 12.2. The highest BCUT2D eigenvalue weighted by Crippen LogP contribution is 2.57. The van der Waals surface area contributed by atoms with Crippen molar-refractivity contribution >= 4 is 12.1 Å². The summed E-state index contributed by atoms with van der Waals surface area (Å²) in [6.45, 7) is 4.10. The van der Waals surface area contributed by atoms with Gasteiger partial charge in [-0.05, 0) is 99.2 Å². The van der Waals surface area contributed by atoms with Crippen LogP contribution < -0.4 is 23.7 Å². The Balaban J connectivity index is 0.949. The molecule has 2 aromatic rings. The van der Waals surface area contributed by atoms with Gasteiger partial charge >= 0.3 is 12.1 Å². The van der Waals surface area contributed by atoms with Gasteiger partial charge in [0, 0.05) is 11.8 Å². The average molecular weight is 929 g/mol. The Kier molecular flexibility index (Phi) is 18.1. The van der Waals surface area contributed by atoms with E-state index < -0.39 is 73.0 Å². The van der Waals surface area contributed by atoms with Crippen LogP contribution in [0.2, 0.25) is 0 Å². The van der Waals surface area contributed by atoms with Gasteiger partial charge in [0.15, 0.2) is 35.6 Å². The number of fused-ring (bicyclic) bond motifs is 4. The topological polar surface area (TPSA) is 176 Å². The van der Waals surface area contributed by atoms with Gasteiger partial charge in [-0.15, -0.1) is 0 Å². The Morgan fingerprint density at radius 3 is 1.96 bits per heavy atom. The van der Waals surface area contributed by atoms with Crippen LogP contribution in [0.25, 0.3) is 0 Å². The number of allylic oxidation sites excluding steroid dienone is 12. The van der Waals surface area contributed by atoms with Crippen LogP contribution in [0.15, 0.2) is 97.2 Å². The molecule has 4 aliphatic heterocycles. The number of methoxy groups -OCH3 is 2. The first kappa shape index (κ1) is 49.5. The van der Waals surface area contributed by atoms with Crippen LogP contribution in [0.3, 0.4) is 0 Å². The van der Waals surface area contributed by atoms with Gasteiger partial charge in [0.05, 0.1) is 46.1 Å². The summed E-state index contributed by atoms with van der Waals surface area (Å²) in [7, 11) is 2.87. The second kappa shape index (κ2) is 24.6. The van der Waals surface area contributed by atoms with E-state index in [1.54, 1.807) is 31.2 Å². The third kappa shape index (κ3) is 12.4. The van der Waals surface area contributed by atoms with Crippen molar-refractivity contribution in [2.24, 2.45) is 11.8 Å². The fraction of sp³-hybridized carbons (Fsp3) is 0.500. The van der Waals surface area contributed by atoms with Crippen LogP contribution in [0.1, 0.15) is 93.9 Å². The minimum Gasteiger partial charge on any atom is -0.493 e. The Labute approximate surface area is 392 Å². The van der Waals surface area contributed by atoms with E-state index in [2.05, 4.69) is 79.8 Å². The molecule has 15 nitrogen and oxygen atoms in total. The Bertz CT molecular complexity index is 2130. The van der Waals surface area contributed by atoms with Gasteiger partial charge in [0.2, 0.25) is 12.5 Å². The lowest BCUT2D eigenvalue weighted by atomic mass is 9.66. The molecular formula is C52H64O15. The molecule has 0 amide bonds. The Hall–Kier alpha value is -5.42. The molecule has 3 saturated heterocycles. The number of esters is 1. The number of cyclic esters (lactones) is 1. The Morgan fingerprint density at radius 1 is 0.746 bits per heavy atom. The molecule has 4 heterocycles. The molecule has 7 rings (SSSR count). The molecule has 0 bridgehead atoms. The number of carbonyl (C=O) groups is 2. The fourth-order valence-electron chi connectivity index (χ4n) is 8.93. The second-order valence-electron chi connectivity index (χ2n) is 16.7. The Morgan fingerprint density at radius 2 is 1.34 bits per heavy atom. The number of unbranched alkanes of at least 4 members (excludes halogenated alkanes) is 1. The predicted octanol–water partition coefficient (Wildman–Crippen LogP) is 8.63. The molecule has 3 fully saturated rings. The third-order valence-electron chi connectivity index (χ3n) is 12.2. The van der Waals surface area contributed by atoms with Crippen molar-refractivity contribution in [2.75, 3.05) is 40.8 Å². The van der Waals surface area contributed by atoms with Gasteiger partial charge in [-0.2, -0.15) is 0 Å². The SMILES string of the molecule is CCC=CCC=CCC=CCC=CCC=CCC=CCCCOC(=O)Oc1c(OC)cc([C@@H]2c3cc4c(cc3[C@@H](O[C@@H]3O[C@@H]5CO[C@@H](C)OC5[C@H](O)[C@H]3O)[C@H]3COC(=O)[C@H]23)OCO4)cc1OC. The van der Waals surface area contributed by atoms with Crippen LogP contribution in [-0.2, 0) is 33.2 Å². The fourth-order valence-corrected chi connectivity index (χ4v) is 8.93. The number of aliphatic hydroxyl groups is 2. The average Bonchev–Trinajstić information content (AvgIpc) is 3.96. The normalized spacial score (nSPS) is 27.9. The van der Waals surface area contributed by atoms with Crippen molar-refractivity contribution in [1.82, 2.24) is 0 Å². The lowest BCUT2D eigenvalue weighted by Gasteiger charge is -2.47. The van der Waals surface area contributed by atoms with Gasteiger partial charge in [-0.3, -0.25) is 4.79 Å². The van der Waals surface area contributed by atoms with Crippen LogP contribution >= 0.6 is 0 Å². The molecule has 1 aliphatic carbocycles. The van der Waals surface area contributed by atoms with Crippen molar-refractivity contribution in [3.63, 3.8) is 0 Å². The van der Waals surface area contributed by atoms with E-state index in [0.717, 1.165) is 44.9 Å². The number of rotatable bonds is 21. The molecule has 362 valence electrons. The number of aliphatic hydroxyl groups excluding tert-OH is 2. The summed E-state index contributed by atoms with van der Waals surface area (Å²) < 4.78 is 63.9. The minimum atomic E-state index is -1.48. The summed E-state index contributed by atoms with van der Waals surface area (Å²) >= 11 is 0. The number of carbonyl (C=O) groups excluding carboxylic acids is 2. The maximum atomic E-state index is 13.8. The smallest absolute Gasteiger partial charge is 0.493 e. The maximum absolute atomic E-state index is 13.8. The molecule has 0 aromatic heterocycles. The monoisotopic (exact) mass is 928 g/mol. The molecular weight excluding hydrogens is 865 g/mol. The highest BCUT2D eigenvalue weighted by Gasteiger charge is 2.56. The zero-order valence-electron chi connectivity index (χ0n) is 38.7. The molecule has 15 heteroatoms. The maximum Gasteiger partial charge on any atom is 0.514 e. The van der Waals surface area contributed by atoms with Gasteiger partial charge in [-0.25, -0.2) is 4.79 Å². The standard InChI is InChI=1S/C52H64O15/c1-5-6-7-8-9-10-11-12-13-14-15-16-17-18-19-20-21-22-23-24-25-59-52(56)67-48-40(57-3)26-34(27-41(48)58-4)43-35-28-38-39(63-32-62-38)29-36(35)47(37-30-61-50(55)44(37)43)66-51-46(54)45(53)49-42(65-51)31-60-33(2)64-49/h6-7,9-10,12-13,15-16,18-19,21-22,26-29,33,37,42-47,49,51,53-54H,5,8,11,14,17,20,23-25,30-32H2,1-4H3/t33-,37+,42-,43-,44+,45-,46-,47-,49?,51+/m1/s1. The number of benzene rings is 2. The van der Waals surface area contributed by atoms with E-state index in [0.29, 0.717) is 34.6 Å². The second-order valence-corrected chi connectivity index (χ2v) is 16.7. The first-order chi connectivity index (χ1) is 32.7. The van der Waals surface area contributed by atoms with Gasteiger partial charge in [-0.1, -0.05) is 79.8 Å². The zero-order chi connectivity index (χ0) is 47.1. The quantitative estimate of drug-likeness (QED) is 0.0526. The summed E-state index contributed by atoms with van der Waals surface area (Å²) in [5.41, 5.74) is 1.88. The molecule has 0 saturated carbocycles. The summed E-state index contributed by atoms with van der Waals surface area (Å²) in [5, 5.41) is 22.3. The molecule has 2 aromatic carbocycles. The zero-order valence-corrected chi connectivity index (χ0v) is 38.7. The molecule has 2 N–H and O–H groups in total. The molecule has 0 radical (unpaired) electrons. The van der Waals surface area contributed by atoms with Crippen LogP contribution in [0.4, 0.5) is 4.79 Å². The number of hydrogen-bond acceptors (Lipinski definition) is 15. The summed E-state index contributed by atoms with van der Waals surface area (Å²) in [6.07, 6.45) is 24.9. The van der Waals surface area contributed by atoms with Crippen LogP contribution in [-0.4, -0.2) is 100 Å². The van der Waals surface area contributed by atoms with E-state index >= 15 is 0 Å². The molecule has 5 aliphatic rings. The number of ether oxygens (including phenoxy) is 11. The lowest BCUT2D eigenvalue weighted by Crippen LogP contribution is -2.63. The first-order valence-electron chi connectivity index (χ1n) is 23.3. The highest BCUT2D eigenvalue weighted by molar-refractivity contribution is 5.79. The van der Waals surface area contributed by atoms with Crippen molar-refractivity contribution < 1.29 is 71.9 Å². The van der Waals surface area contributed by atoms with Crippen LogP contribution in [0, 0.1) is 11.8 Å². The summed E-state index contributed by atoms with van der Waals surface area (Å²) in [4.78, 5) is 26.8. The van der Waals surface area contributed by atoms with E-state index in [4.69, 9.17) is 52.1 Å². The van der Waals surface area contributed by atoms with Gasteiger partial charge in [0.25, 0.3) is 0 Å². The van der Waals surface area contributed by atoms with Crippen molar-refractivity contribution in [3.8, 4) is 28.7 Å². The van der Waals surface area contributed by atoms with Crippen molar-refractivity contribution in [1.29, 1.82) is 0 Å². The molecule has 67 heavy (non-hydrogen) atoms. The van der Waals surface area contributed by atoms with E-state index in [1.807, 2.05) is 0 Å². The number of hydrogen-bond donors (Lipinski definition) is 2. The highest BCUT2D eigenvalue weighted by atomic mass is 16.8. The summed E-state index contributed by atoms with van der Waals surface area (Å²) in [5.74, 6) is -1.22. The largest absolute Gasteiger partial charge is 0.514 e. The van der Waals surface area contributed by atoms with Crippen molar-refractivity contribution in [2.45, 2.75) is 114 Å². The van der Waals surface area contributed by atoms with E-state index in [1.165, 1.54) is 14.2 Å². The van der Waals surface area contributed by atoms with Gasteiger partial charge < -0.3 is 62.3 Å². The molecule has 0 spiro atoms. The first-order valence-corrected chi connectivity index (χ1v) is 23.3. The minimum absolute atomic E-state index is 0.00110.